The summed E-state index contributed by atoms with van der Waals surface area (Å²) in [6, 6.07) is 14.3. The zero-order valence-corrected chi connectivity index (χ0v) is 16.4. The summed E-state index contributed by atoms with van der Waals surface area (Å²) in [5.74, 6) is 2.11. The Kier molecular flexibility index (Phi) is 6.49. The number of anilines is 1. The van der Waals surface area contributed by atoms with Crippen LogP contribution in [0.15, 0.2) is 53.2 Å². The third-order valence-corrected chi connectivity index (χ3v) is 5.09. The van der Waals surface area contributed by atoms with Gasteiger partial charge in [-0.1, -0.05) is 35.5 Å². The van der Waals surface area contributed by atoms with Crippen LogP contribution in [-0.4, -0.2) is 52.6 Å². The van der Waals surface area contributed by atoms with Crippen LogP contribution < -0.4 is 4.90 Å². The Bertz CT molecular complexity index is 881. The van der Waals surface area contributed by atoms with Gasteiger partial charge in [0.1, 0.15) is 5.82 Å². The second kappa shape index (κ2) is 9.62. The monoisotopic (exact) mass is 394 g/mol. The van der Waals surface area contributed by atoms with E-state index in [1.165, 1.54) is 5.56 Å². The van der Waals surface area contributed by atoms with Gasteiger partial charge in [0, 0.05) is 32.3 Å². The molecule has 0 spiro atoms. The maximum absolute atomic E-state index is 9.11. The molecule has 0 aliphatic carbocycles. The molecule has 1 fully saturated rings. The van der Waals surface area contributed by atoms with E-state index >= 15 is 0 Å². The molecule has 3 aromatic rings. The molecule has 0 amide bonds. The molecule has 2 aromatic heterocycles. The molecule has 1 aliphatic rings. The highest BCUT2D eigenvalue weighted by Crippen LogP contribution is 2.22. The van der Waals surface area contributed by atoms with Gasteiger partial charge in [0.25, 0.3) is 5.89 Å². The molecular formula is C22H26N4O3. The van der Waals surface area contributed by atoms with Gasteiger partial charge in [0.05, 0.1) is 18.3 Å². The summed E-state index contributed by atoms with van der Waals surface area (Å²) >= 11 is 0. The number of ether oxygens (including phenoxy) is 1. The Morgan fingerprint density at radius 3 is 2.79 bits per heavy atom. The third-order valence-electron chi connectivity index (χ3n) is 5.09. The van der Waals surface area contributed by atoms with Gasteiger partial charge in [0.2, 0.25) is 0 Å². The topological polar surface area (TPSA) is 84.5 Å². The number of rotatable bonds is 8. The molecule has 3 heterocycles. The van der Waals surface area contributed by atoms with Crippen molar-refractivity contribution in [1.82, 2.24) is 15.1 Å². The Hall–Kier alpha value is -2.77. The number of aryl methyl sites for hydroxylation is 2. The van der Waals surface area contributed by atoms with Gasteiger partial charge in [-0.05, 0) is 37.0 Å². The lowest BCUT2D eigenvalue weighted by Gasteiger charge is -2.33. The lowest BCUT2D eigenvalue weighted by Crippen LogP contribution is -2.43. The van der Waals surface area contributed by atoms with Crippen molar-refractivity contribution in [1.29, 1.82) is 0 Å². The Balaban J connectivity index is 1.33. The summed E-state index contributed by atoms with van der Waals surface area (Å²) in [5, 5.41) is 13.2. The second-order valence-corrected chi connectivity index (χ2v) is 7.21. The molecule has 1 saturated heterocycles. The highest BCUT2D eigenvalue weighted by molar-refractivity contribution is 5.54. The van der Waals surface area contributed by atoms with E-state index in [1.807, 2.05) is 18.2 Å². The Morgan fingerprint density at radius 2 is 2.00 bits per heavy atom. The number of aliphatic hydroxyl groups excluding tert-OH is 1. The number of hydrogen-bond donors (Lipinski definition) is 1. The first-order chi connectivity index (χ1) is 14.3. The molecule has 4 rings (SSSR count). The highest BCUT2D eigenvalue weighted by Gasteiger charge is 2.21. The molecule has 0 radical (unpaired) electrons. The van der Waals surface area contributed by atoms with Gasteiger partial charge in [-0.3, -0.25) is 0 Å². The van der Waals surface area contributed by atoms with Crippen molar-refractivity contribution in [2.24, 2.45) is 0 Å². The number of morpholine rings is 1. The van der Waals surface area contributed by atoms with Gasteiger partial charge in [-0.15, -0.1) is 0 Å². The van der Waals surface area contributed by atoms with Gasteiger partial charge < -0.3 is 19.3 Å². The van der Waals surface area contributed by atoms with E-state index in [-0.39, 0.29) is 12.7 Å². The minimum absolute atomic E-state index is 0.0459. The molecular weight excluding hydrogens is 368 g/mol. The summed E-state index contributed by atoms with van der Waals surface area (Å²) in [5.41, 5.74) is 2.14. The number of pyridine rings is 1. The van der Waals surface area contributed by atoms with E-state index in [0.29, 0.717) is 18.9 Å². The number of aromatic nitrogens is 3. The predicted octanol–water partition coefficient (Wildman–Crippen LogP) is 2.89. The molecule has 0 bridgehead atoms. The van der Waals surface area contributed by atoms with Crippen LogP contribution in [0.4, 0.5) is 5.82 Å². The van der Waals surface area contributed by atoms with Crippen molar-refractivity contribution in [3.63, 3.8) is 0 Å². The first-order valence-electron chi connectivity index (χ1n) is 10.1. The largest absolute Gasteiger partial charge is 0.396 e. The maximum Gasteiger partial charge on any atom is 0.259 e. The van der Waals surface area contributed by atoms with E-state index in [1.54, 1.807) is 6.20 Å². The second-order valence-electron chi connectivity index (χ2n) is 7.21. The molecule has 1 aromatic carbocycles. The van der Waals surface area contributed by atoms with Crippen LogP contribution in [0.5, 0.6) is 0 Å². The Morgan fingerprint density at radius 1 is 1.10 bits per heavy atom. The van der Waals surface area contributed by atoms with Crippen molar-refractivity contribution in [3.8, 4) is 11.5 Å². The summed E-state index contributed by atoms with van der Waals surface area (Å²) in [4.78, 5) is 11.3. The van der Waals surface area contributed by atoms with Crippen molar-refractivity contribution in [2.45, 2.75) is 31.8 Å². The molecule has 29 heavy (non-hydrogen) atoms. The van der Waals surface area contributed by atoms with Crippen LogP contribution in [0, 0.1) is 0 Å². The fraction of sp³-hybridized carbons (Fsp3) is 0.409. The van der Waals surface area contributed by atoms with E-state index in [0.717, 1.165) is 49.6 Å². The van der Waals surface area contributed by atoms with Gasteiger partial charge >= 0.3 is 0 Å². The quantitative estimate of drug-likeness (QED) is 0.629. The van der Waals surface area contributed by atoms with Crippen molar-refractivity contribution in [2.75, 3.05) is 31.2 Å². The normalized spacial score (nSPS) is 16.9. The smallest absolute Gasteiger partial charge is 0.259 e. The molecule has 1 N–H and O–H groups in total. The number of hydrogen-bond acceptors (Lipinski definition) is 7. The lowest BCUT2D eigenvalue weighted by atomic mass is 10.1. The van der Waals surface area contributed by atoms with Gasteiger partial charge in [-0.2, -0.15) is 4.98 Å². The zero-order chi connectivity index (χ0) is 19.9. The van der Waals surface area contributed by atoms with Crippen LogP contribution in [0.2, 0.25) is 0 Å². The van der Waals surface area contributed by atoms with Crippen LogP contribution in [0.1, 0.15) is 24.2 Å². The molecule has 0 saturated carbocycles. The van der Waals surface area contributed by atoms with Gasteiger partial charge in [0.15, 0.2) is 5.82 Å². The summed E-state index contributed by atoms with van der Waals surface area (Å²) in [6.07, 6.45) is 5.22. The third kappa shape index (κ3) is 5.19. The number of benzene rings is 1. The van der Waals surface area contributed by atoms with Crippen molar-refractivity contribution < 1.29 is 14.4 Å². The summed E-state index contributed by atoms with van der Waals surface area (Å²) in [7, 11) is 0. The number of nitrogens with zero attached hydrogens (tertiary/aromatic N) is 4. The lowest BCUT2D eigenvalue weighted by molar-refractivity contribution is 0.0244. The van der Waals surface area contributed by atoms with Crippen LogP contribution >= 0.6 is 0 Å². The predicted molar refractivity (Wildman–Crippen MR) is 110 cm³/mol. The Labute approximate surface area is 170 Å². The van der Waals surface area contributed by atoms with Crippen LogP contribution in [0.3, 0.4) is 0 Å². The fourth-order valence-electron chi connectivity index (χ4n) is 3.51. The first-order valence-corrected chi connectivity index (χ1v) is 10.1. The van der Waals surface area contributed by atoms with Crippen molar-refractivity contribution >= 4 is 5.82 Å². The summed E-state index contributed by atoms with van der Waals surface area (Å²) in [6.45, 7) is 2.30. The van der Waals surface area contributed by atoms with E-state index in [9.17, 15) is 0 Å². The minimum atomic E-state index is 0.0459. The molecule has 1 atom stereocenters. The molecule has 7 nitrogen and oxygen atoms in total. The maximum atomic E-state index is 9.11. The summed E-state index contributed by atoms with van der Waals surface area (Å²) < 4.78 is 11.1. The van der Waals surface area contributed by atoms with E-state index in [2.05, 4.69) is 44.3 Å². The number of aliphatic hydroxyl groups is 1. The zero-order valence-electron chi connectivity index (χ0n) is 16.4. The highest BCUT2D eigenvalue weighted by atomic mass is 16.5. The average Bonchev–Trinajstić information content (AvgIpc) is 3.24. The molecule has 152 valence electrons. The first kappa shape index (κ1) is 19.5. The fourth-order valence-corrected chi connectivity index (χ4v) is 3.51. The van der Waals surface area contributed by atoms with E-state index < -0.39 is 0 Å². The SMILES string of the molecule is OCC[C@H]1CN(c2ccc(-c3nc(CCCc4ccccc4)no3)cn2)CCO1. The standard InChI is InChI=1S/C22H26N4O3/c27-13-11-19-16-26(12-14-28-19)21-10-9-18(15-23-21)22-24-20(25-29-22)8-4-7-17-5-2-1-3-6-17/h1-3,5-6,9-10,15,19,27H,4,7-8,11-14,16H2/t19-/m0/s1. The van der Waals surface area contributed by atoms with Crippen LogP contribution in [-0.2, 0) is 17.6 Å². The molecule has 1 aliphatic heterocycles. The minimum Gasteiger partial charge on any atom is -0.396 e. The van der Waals surface area contributed by atoms with Crippen LogP contribution in [0.25, 0.3) is 11.5 Å². The van der Waals surface area contributed by atoms with Gasteiger partial charge in [-0.25, -0.2) is 4.98 Å². The van der Waals surface area contributed by atoms with E-state index in [4.69, 9.17) is 14.4 Å². The van der Waals surface area contributed by atoms with Crippen molar-refractivity contribution in [3.05, 3.63) is 60.0 Å². The average molecular weight is 394 g/mol. The molecule has 0 unspecified atom stereocenters. The molecule has 7 heteroatoms.